The van der Waals surface area contributed by atoms with Gasteiger partial charge in [0.05, 0.1) is 11.0 Å². The van der Waals surface area contributed by atoms with E-state index < -0.39 is 12.6 Å². The van der Waals surface area contributed by atoms with Gasteiger partial charge >= 0.3 is 7.37 Å². The van der Waals surface area contributed by atoms with Gasteiger partial charge in [0.25, 0.3) is 0 Å². The van der Waals surface area contributed by atoms with Crippen LogP contribution in [-0.4, -0.2) is 5.28 Å². The molecule has 3 rings (SSSR count). The van der Waals surface area contributed by atoms with Crippen molar-refractivity contribution in [2.45, 2.75) is 25.5 Å². The maximum absolute atomic E-state index is 13.6. The van der Waals surface area contributed by atoms with E-state index >= 15 is 0 Å². The number of para-hydroxylation sites is 2. The Hall–Kier alpha value is -1.73. The first-order valence-corrected chi connectivity index (χ1v) is 8.44. The lowest BCUT2D eigenvalue weighted by atomic mass is 10.2. The van der Waals surface area contributed by atoms with E-state index in [0.29, 0.717) is 12.2 Å². The standard InChI is InChI=1S/C16H18NO2P/c1-3-16(2)17-14-11-7-8-12-15(14)19-20(16,18)13-9-5-4-6-10-13/h4-12,17H,3H2,1-2H3/t16-,20-/m1/s1. The molecule has 2 atom stereocenters. The summed E-state index contributed by atoms with van der Waals surface area (Å²) in [5, 5.41) is 3.59. The van der Waals surface area contributed by atoms with Gasteiger partial charge in [0.15, 0.2) is 0 Å². The average molecular weight is 287 g/mol. The molecule has 0 spiro atoms. The van der Waals surface area contributed by atoms with E-state index in [4.69, 9.17) is 4.52 Å². The lowest BCUT2D eigenvalue weighted by Crippen LogP contribution is -2.42. The molecule has 1 aliphatic heterocycles. The number of hydrogen-bond acceptors (Lipinski definition) is 3. The Morgan fingerprint density at radius 3 is 2.45 bits per heavy atom. The predicted molar refractivity (Wildman–Crippen MR) is 83.1 cm³/mol. The number of hydrogen-bond donors (Lipinski definition) is 1. The molecule has 1 aliphatic rings. The summed E-state index contributed by atoms with van der Waals surface area (Å²) in [6.07, 6.45) is 0.716. The third kappa shape index (κ3) is 1.85. The molecule has 0 unspecified atom stereocenters. The second kappa shape index (κ2) is 4.68. The fourth-order valence-corrected chi connectivity index (χ4v) is 5.07. The molecule has 0 saturated heterocycles. The largest absolute Gasteiger partial charge is 0.436 e. The van der Waals surface area contributed by atoms with Gasteiger partial charge in [0.1, 0.15) is 11.0 Å². The number of rotatable bonds is 2. The highest BCUT2D eigenvalue weighted by atomic mass is 31.2. The molecule has 0 fully saturated rings. The average Bonchev–Trinajstić information content (AvgIpc) is 2.49. The van der Waals surface area contributed by atoms with E-state index in [1.165, 1.54) is 0 Å². The minimum Gasteiger partial charge on any atom is -0.436 e. The SMILES string of the molecule is CC[C@]1(C)Nc2ccccc2O[P@]1(=O)c1ccccc1. The molecule has 1 heterocycles. The van der Waals surface area contributed by atoms with Gasteiger partial charge in [-0.1, -0.05) is 37.3 Å². The van der Waals surface area contributed by atoms with Crippen LogP contribution in [0.1, 0.15) is 20.3 Å². The van der Waals surface area contributed by atoms with Crippen LogP contribution in [0.15, 0.2) is 54.6 Å². The fraction of sp³-hybridized carbons (Fsp3) is 0.250. The van der Waals surface area contributed by atoms with Crippen molar-refractivity contribution in [2.75, 3.05) is 5.32 Å². The van der Waals surface area contributed by atoms with E-state index in [2.05, 4.69) is 5.32 Å². The fourth-order valence-electron chi connectivity index (χ4n) is 2.51. The van der Waals surface area contributed by atoms with E-state index in [9.17, 15) is 4.57 Å². The lowest BCUT2D eigenvalue weighted by Gasteiger charge is -2.42. The Balaban J connectivity index is 2.17. The summed E-state index contributed by atoms with van der Waals surface area (Å²) in [6.45, 7) is 4.00. The van der Waals surface area contributed by atoms with Crippen molar-refractivity contribution < 1.29 is 9.09 Å². The van der Waals surface area contributed by atoms with Gasteiger partial charge < -0.3 is 9.84 Å². The summed E-state index contributed by atoms with van der Waals surface area (Å²) in [5.74, 6) is 0.658. The molecule has 0 aromatic heterocycles. The zero-order chi connectivity index (χ0) is 14.2. The van der Waals surface area contributed by atoms with Gasteiger partial charge in [-0.15, -0.1) is 0 Å². The van der Waals surface area contributed by atoms with Crippen molar-refractivity contribution in [3.05, 3.63) is 54.6 Å². The first-order valence-electron chi connectivity index (χ1n) is 6.82. The Morgan fingerprint density at radius 2 is 1.75 bits per heavy atom. The van der Waals surface area contributed by atoms with Crippen LogP contribution >= 0.6 is 7.37 Å². The molecule has 1 N–H and O–H groups in total. The topological polar surface area (TPSA) is 38.3 Å². The highest BCUT2D eigenvalue weighted by Crippen LogP contribution is 2.63. The normalized spacial score (nSPS) is 28.1. The van der Waals surface area contributed by atoms with Crippen LogP contribution in [-0.2, 0) is 4.57 Å². The maximum atomic E-state index is 13.6. The zero-order valence-electron chi connectivity index (χ0n) is 11.7. The first kappa shape index (κ1) is 13.3. The molecular formula is C16H18NO2P. The lowest BCUT2D eigenvalue weighted by molar-refractivity contribution is 0.441. The molecule has 2 aromatic carbocycles. The summed E-state index contributed by atoms with van der Waals surface area (Å²) in [5.41, 5.74) is 0.902. The van der Waals surface area contributed by atoms with Crippen LogP contribution in [0.4, 0.5) is 5.69 Å². The highest BCUT2D eigenvalue weighted by Gasteiger charge is 2.50. The van der Waals surface area contributed by atoms with Crippen molar-refractivity contribution in [3.8, 4) is 5.75 Å². The molecule has 0 aliphatic carbocycles. The summed E-state index contributed by atoms with van der Waals surface area (Å²) >= 11 is 0. The Morgan fingerprint density at radius 1 is 1.10 bits per heavy atom. The van der Waals surface area contributed by atoms with Gasteiger partial charge in [-0.3, -0.25) is 4.57 Å². The van der Waals surface area contributed by atoms with Crippen molar-refractivity contribution in [3.63, 3.8) is 0 Å². The van der Waals surface area contributed by atoms with Gasteiger partial charge in [0.2, 0.25) is 0 Å². The molecule has 0 bridgehead atoms. The van der Waals surface area contributed by atoms with E-state index in [1.54, 1.807) is 0 Å². The van der Waals surface area contributed by atoms with Gasteiger partial charge in [-0.25, -0.2) is 0 Å². The minimum atomic E-state index is -3.03. The van der Waals surface area contributed by atoms with Crippen LogP contribution in [0.3, 0.4) is 0 Å². The van der Waals surface area contributed by atoms with Crippen LogP contribution in [0.25, 0.3) is 0 Å². The molecule has 3 nitrogen and oxygen atoms in total. The predicted octanol–water partition coefficient (Wildman–Crippen LogP) is 4.22. The number of fused-ring (bicyclic) bond motifs is 1. The number of benzene rings is 2. The number of anilines is 1. The molecule has 0 amide bonds. The molecular weight excluding hydrogens is 269 g/mol. The minimum absolute atomic E-state index is 0.595. The van der Waals surface area contributed by atoms with Crippen molar-refractivity contribution in [2.24, 2.45) is 0 Å². The first-order chi connectivity index (χ1) is 9.59. The van der Waals surface area contributed by atoms with Gasteiger partial charge in [0, 0.05) is 0 Å². The van der Waals surface area contributed by atoms with E-state index in [0.717, 1.165) is 11.0 Å². The molecule has 2 aromatic rings. The molecule has 0 radical (unpaired) electrons. The smallest absolute Gasteiger partial charge is 0.301 e. The van der Waals surface area contributed by atoms with Gasteiger partial charge in [-0.2, -0.15) is 0 Å². The molecule has 104 valence electrons. The van der Waals surface area contributed by atoms with Crippen LogP contribution < -0.4 is 15.1 Å². The molecule has 0 saturated carbocycles. The molecule has 20 heavy (non-hydrogen) atoms. The Kier molecular flexibility index (Phi) is 3.10. The molecule has 4 heteroatoms. The zero-order valence-corrected chi connectivity index (χ0v) is 12.6. The summed E-state index contributed by atoms with van der Waals surface area (Å²) in [7, 11) is -3.03. The summed E-state index contributed by atoms with van der Waals surface area (Å²) in [4.78, 5) is 0. The van der Waals surface area contributed by atoms with Crippen molar-refractivity contribution in [1.82, 2.24) is 0 Å². The highest BCUT2D eigenvalue weighted by molar-refractivity contribution is 7.69. The van der Waals surface area contributed by atoms with E-state index in [1.807, 2.05) is 68.4 Å². The number of nitrogens with one attached hydrogen (secondary N) is 1. The van der Waals surface area contributed by atoms with Crippen LogP contribution in [0.2, 0.25) is 0 Å². The van der Waals surface area contributed by atoms with Gasteiger partial charge in [-0.05, 0) is 37.6 Å². The third-order valence-corrected chi connectivity index (χ3v) is 7.11. The van der Waals surface area contributed by atoms with Crippen molar-refractivity contribution >= 4 is 18.4 Å². The van der Waals surface area contributed by atoms with Crippen molar-refractivity contribution in [1.29, 1.82) is 0 Å². The maximum Gasteiger partial charge on any atom is 0.301 e. The van der Waals surface area contributed by atoms with Crippen LogP contribution in [0, 0.1) is 0 Å². The summed E-state index contributed by atoms with van der Waals surface area (Å²) < 4.78 is 19.6. The monoisotopic (exact) mass is 287 g/mol. The quantitative estimate of drug-likeness (QED) is 0.840. The Bertz CT molecular complexity index is 671. The third-order valence-electron chi connectivity index (χ3n) is 3.95. The summed E-state index contributed by atoms with van der Waals surface area (Å²) in [6, 6.07) is 17.1. The van der Waals surface area contributed by atoms with Crippen LogP contribution in [0.5, 0.6) is 5.75 Å². The second-order valence-electron chi connectivity index (χ2n) is 5.23. The second-order valence-corrected chi connectivity index (χ2v) is 8.02. The van der Waals surface area contributed by atoms with E-state index in [-0.39, 0.29) is 0 Å². The Labute approximate surface area is 119 Å².